The lowest BCUT2D eigenvalue weighted by Crippen LogP contribution is -2.65. The summed E-state index contributed by atoms with van der Waals surface area (Å²) in [6.07, 6.45) is 45.1. The minimum absolute atomic E-state index is 0.243. The Labute approximate surface area is 481 Å². The average Bonchev–Trinajstić information content (AvgIpc) is 3.47. The number of ether oxygens (including phenoxy) is 4. The zero-order chi connectivity index (χ0) is 57.4. The number of carbonyl (C=O) groups is 1. The number of amides is 1. The number of allylic oxidation sites excluding steroid dienone is 3. The smallest absolute Gasteiger partial charge is 0.220 e. The summed E-state index contributed by atoms with van der Waals surface area (Å²) in [6.45, 7) is 2.83. The van der Waals surface area contributed by atoms with Gasteiger partial charge < -0.3 is 65.1 Å². The highest BCUT2D eigenvalue weighted by atomic mass is 16.7. The van der Waals surface area contributed by atoms with Crippen LogP contribution in [0.25, 0.3) is 0 Å². The molecule has 12 atom stereocenters. The highest BCUT2D eigenvalue weighted by molar-refractivity contribution is 5.76. The molecule has 2 fully saturated rings. The molecule has 79 heavy (non-hydrogen) atoms. The van der Waals surface area contributed by atoms with Gasteiger partial charge in [-0.15, -0.1) is 0 Å². The minimum Gasteiger partial charge on any atom is -0.394 e. The van der Waals surface area contributed by atoms with Crippen molar-refractivity contribution < 1.29 is 64.6 Å². The number of carbonyl (C=O) groups excluding carboxylic acids is 1. The number of unbranched alkanes of at least 4 members (excludes halogenated alkanes) is 39. The molecule has 0 bridgehead atoms. The van der Waals surface area contributed by atoms with Crippen LogP contribution in [0.2, 0.25) is 0 Å². The van der Waals surface area contributed by atoms with E-state index in [1.807, 2.05) is 6.08 Å². The number of rotatable bonds is 54. The Morgan fingerprint density at radius 2 is 0.810 bits per heavy atom. The molecule has 2 saturated heterocycles. The van der Waals surface area contributed by atoms with E-state index in [0.29, 0.717) is 12.8 Å². The van der Waals surface area contributed by atoms with E-state index in [-0.39, 0.29) is 18.9 Å². The summed E-state index contributed by atoms with van der Waals surface area (Å²) in [6, 6.07) is -0.928. The lowest BCUT2D eigenvalue weighted by atomic mass is 9.97. The van der Waals surface area contributed by atoms with Crippen molar-refractivity contribution in [2.75, 3.05) is 19.8 Å². The fourth-order valence-electron chi connectivity index (χ4n) is 11.1. The van der Waals surface area contributed by atoms with Gasteiger partial charge in [0, 0.05) is 6.42 Å². The zero-order valence-corrected chi connectivity index (χ0v) is 50.4. The van der Waals surface area contributed by atoms with Crippen LogP contribution in [0.1, 0.15) is 290 Å². The summed E-state index contributed by atoms with van der Waals surface area (Å²) in [4.78, 5) is 13.3. The first kappa shape index (κ1) is 73.6. The predicted molar refractivity (Wildman–Crippen MR) is 318 cm³/mol. The molecular weight excluding hydrogens is 1000 g/mol. The molecule has 14 nitrogen and oxygen atoms in total. The standard InChI is InChI=1S/C65H123NO13/c1-3-5-7-9-11-13-15-17-19-21-23-25-26-27-28-29-30-32-34-36-38-40-42-44-46-48-54(69)53(66-57(70)49-47-45-43-41-39-37-35-33-31-24-22-20-18-16-14-12-10-8-6-4-2)52-76-64-62(75)60(73)63(56(51-68)78-64)79-65-61(74)59(72)58(71)55(50-67)77-65/h38,40,46,48,53-56,58-65,67-69,71-75H,3-37,39,41-45,47,49-52H2,1-2H3,(H,66,70)/b40-38+,48-46+. The summed E-state index contributed by atoms with van der Waals surface area (Å²) in [5.74, 6) is -0.243. The van der Waals surface area contributed by atoms with E-state index in [9.17, 15) is 45.6 Å². The summed E-state index contributed by atoms with van der Waals surface area (Å²) in [7, 11) is 0. The van der Waals surface area contributed by atoms with Crippen molar-refractivity contribution in [1.29, 1.82) is 0 Å². The molecule has 2 heterocycles. The predicted octanol–water partition coefficient (Wildman–Crippen LogP) is 12.4. The lowest BCUT2D eigenvalue weighted by molar-refractivity contribution is -0.359. The van der Waals surface area contributed by atoms with Gasteiger partial charge in [0.1, 0.15) is 48.8 Å². The molecule has 2 aliphatic rings. The molecule has 0 spiro atoms. The molecule has 0 aromatic rings. The van der Waals surface area contributed by atoms with Crippen molar-refractivity contribution in [1.82, 2.24) is 5.32 Å². The maximum absolute atomic E-state index is 13.3. The third-order valence-electron chi connectivity index (χ3n) is 16.4. The largest absolute Gasteiger partial charge is 0.394 e. The average molecular weight is 1130 g/mol. The van der Waals surface area contributed by atoms with Crippen molar-refractivity contribution in [3.8, 4) is 0 Å². The van der Waals surface area contributed by atoms with Gasteiger partial charge in [-0.3, -0.25) is 4.79 Å². The van der Waals surface area contributed by atoms with Crippen LogP contribution in [0, 0.1) is 0 Å². The van der Waals surface area contributed by atoms with Crippen molar-refractivity contribution in [2.45, 2.75) is 364 Å². The van der Waals surface area contributed by atoms with Crippen molar-refractivity contribution in [3.63, 3.8) is 0 Å². The van der Waals surface area contributed by atoms with E-state index in [1.54, 1.807) is 6.08 Å². The van der Waals surface area contributed by atoms with E-state index in [1.165, 1.54) is 225 Å². The van der Waals surface area contributed by atoms with Crippen molar-refractivity contribution in [3.05, 3.63) is 24.3 Å². The second-order valence-electron chi connectivity index (χ2n) is 23.6. The molecule has 12 unspecified atom stereocenters. The van der Waals surface area contributed by atoms with Gasteiger partial charge >= 0.3 is 0 Å². The fraction of sp³-hybridized carbons (Fsp3) is 0.923. The van der Waals surface area contributed by atoms with Gasteiger partial charge in [-0.2, -0.15) is 0 Å². The Hall–Kier alpha value is -1.53. The second kappa shape index (κ2) is 50.9. The molecule has 1 amide bonds. The molecule has 0 saturated carbocycles. The first-order chi connectivity index (χ1) is 38.6. The maximum atomic E-state index is 13.3. The third kappa shape index (κ3) is 36.0. The molecule has 0 aromatic carbocycles. The van der Waals surface area contributed by atoms with Gasteiger partial charge in [0.25, 0.3) is 0 Å². The highest BCUT2D eigenvalue weighted by Gasteiger charge is 2.51. The molecule has 2 rings (SSSR count). The van der Waals surface area contributed by atoms with Gasteiger partial charge in [-0.25, -0.2) is 0 Å². The van der Waals surface area contributed by atoms with Crippen LogP contribution < -0.4 is 5.32 Å². The van der Waals surface area contributed by atoms with Crippen LogP contribution in [-0.2, 0) is 23.7 Å². The van der Waals surface area contributed by atoms with E-state index in [2.05, 4.69) is 31.3 Å². The number of aliphatic hydroxyl groups excluding tert-OH is 8. The maximum Gasteiger partial charge on any atom is 0.220 e. The summed E-state index contributed by atoms with van der Waals surface area (Å²) >= 11 is 0. The Morgan fingerprint density at radius 3 is 1.24 bits per heavy atom. The van der Waals surface area contributed by atoms with Crippen LogP contribution in [0.3, 0.4) is 0 Å². The second-order valence-corrected chi connectivity index (χ2v) is 23.6. The molecule has 0 aliphatic carbocycles. The number of hydrogen-bond donors (Lipinski definition) is 9. The first-order valence-corrected chi connectivity index (χ1v) is 33.1. The van der Waals surface area contributed by atoms with Crippen molar-refractivity contribution >= 4 is 5.91 Å². The van der Waals surface area contributed by atoms with Crippen LogP contribution in [0.5, 0.6) is 0 Å². The molecule has 2 aliphatic heterocycles. The van der Waals surface area contributed by atoms with Crippen LogP contribution in [0.15, 0.2) is 24.3 Å². The number of hydrogen-bond acceptors (Lipinski definition) is 13. The van der Waals surface area contributed by atoms with Gasteiger partial charge in [0.05, 0.1) is 32.0 Å². The molecule has 0 aromatic heterocycles. The number of nitrogens with one attached hydrogen (secondary N) is 1. The van der Waals surface area contributed by atoms with E-state index in [0.717, 1.165) is 32.1 Å². The summed E-state index contributed by atoms with van der Waals surface area (Å²) in [5.41, 5.74) is 0. The third-order valence-corrected chi connectivity index (χ3v) is 16.4. The van der Waals surface area contributed by atoms with Crippen LogP contribution >= 0.6 is 0 Å². The van der Waals surface area contributed by atoms with Crippen molar-refractivity contribution in [2.24, 2.45) is 0 Å². The Bertz CT molecular complexity index is 1420. The Morgan fingerprint density at radius 1 is 0.443 bits per heavy atom. The highest BCUT2D eigenvalue weighted by Crippen LogP contribution is 2.30. The quantitative estimate of drug-likeness (QED) is 0.0204. The van der Waals surface area contributed by atoms with E-state index in [4.69, 9.17) is 18.9 Å². The monoisotopic (exact) mass is 1130 g/mol. The summed E-state index contributed by atoms with van der Waals surface area (Å²) < 4.78 is 22.8. The van der Waals surface area contributed by atoms with Gasteiger partial charge in [-0.1, -0.05) is 276 Å². The molecular formula is C65H123NO13. The van der Waals surface area contributed by atoms with Gasteiger partial charge in [0.15, 0.2) is 12.6 Å². The fourth-order valence-corrected chi connectivity index (χ4v) is 11.1. The topological polar surface area (TPSA) is 228 Å². The zero-order valence-electron chi connectivity index (χ0n) is 50.4. The van der Waals surface area contributed by atoms with Crippen LogP contribution in [0.4, 0.5) is 0 Å². The van der Waals surface area contributed by atoms with Gasteiger partial charge in [0.2, 0.25) is 5.91 Å². The van der Waals surface area contributed by atoms with E-state index < -0.39 is 86.8 Å². The normalized spacial score (nSPS) is 24.5. The Kier molecular flexibility index (Phi) is 47.4. The van der Waals surface area contributed by atoms with E-state index >= 15 is 0 Å². The SMILES string of the molecule is CCCCCCCCCCCCCCCCCCCCC/C=C/CC/C=C/C(O)C(COC1OC(CO)C(OC2OC(CO)C(O)C(O)C2O)C(O)C1O)NC(=O)CCCCCCCCCCCCCCCCCCCCCC. The lowest BCUT2D eigenvalue weighted by Gasteiger charge is -2.46. The molecule has 466 valence electrons. The minimum atomic E-state index is -1.79. The molecule has 14 heteroatoms. The first-order valence-electron chi connectivity index (χ1n) is 33.1. The summed E-state index contributed by atoms with van der Waals surface area (Å²) in [5, 5.41) is 87.3. The Balaban J connectivity index is 1.73. The van der Waals surface area contributed by atoms with Gasteiger partial charge in [-0.05, 0) is 32.1 Å². The molecule has 0 radical (unpaired) electrons. The number of aliphatic hydroxyl groups is 8. The molecule has 9 N–H and O–H groups in total. The van der Waals surface area contributed by atoms with Crippen LogP contribution in [-0.4, -0.2) is 140 Å².